The Morgan fingerprint density at radius 1 is 1.35 bits per heavy atom. The van der Waals surface area contributed by atoms with Crippen LogP contribution in [0.4, 0.5) is 4.39 Å². The average molecular weight is 359 g/mol. The van der Waals surface area contributed by atoms with Gasteiger partial charge in [0, 0.05) is 24.1 Å². The molecule has 1 saturated heterocycles. The van der Waals surface area contributed by atoms with Gasteiger partial charge in [0.05, 0.1) is 6.54 Å². The molecule has 1 aromatic carbocycles. The summed E-state index contributed by atoms with van der Waals surface area (Å²) in [4.78, 5) is 14.6. The average Bonchev–Trinajstić information content (AvgIpc) is 3.09. The number of amides is 1. The molecule has 140 valence electrons. The van der Waals surface area contributed by atoms with E-state index in [1.807, 2.05) is 0 Å². The topological polar surface area (TPSA) is 58.4 Å². The summed E-state index contributed by atoms with van der Waals surface area (Å²) in [5, 5.41) is 6.77. The second kappa shape index (κ2) is 8.45. The molecule has 0 aliphatic carbocycles. The van der Waals surface area contributed by atoms with Crippen LogP contribution in [0.2, 0.25) is 0 Å². The Morgan fingerprint density at radius 3 is 2.77 bits per heavy atom. The van der Waals surface area contributed by atoms with Gasteiger partial charge in [-0.05, 0) is 57.8 Å². The lowest BCUT2D eigenvalue weighted by atomic mass is 9.92. The molecule has 2 aromatic rings. The fraction of sp³-hybridized carbons (Fsp3) is 0.500. The summed E-state index contributed by atoms with van der Waals surface area (Å²) in [7, 11) is 0. The van der Waals surface area contributed by atoms with Crippen LogP contribution in [0, 0.1) is 11.7 Å². The Kier molecular flexibility index (Phi) is 6.04. The molecule has 0 unspecified atom stereocenters. The van der Waals surface area contributed by atoms with Gasteiger partial charge in [0.1, 0.15) is 11.5 Å². The van der Waals surface area contributed by atoms with Crippen molar-refractivity contribution in [1.82, 2.24) is 15.4 Å². The second-order valence-corrected chi connectivity index (χ2v) is 7.21. The van der Waals surface area contributed by atoms with Crippen molar-refractivity contribution in [3.05, 3.63) is 41.9 Å². The summed E-state index contributed by atoms with van der Waals surface area (Å²) in [5.41, 5.74) is 0.833. The molecular formula is C20H26FN3O2. The number of hydrogen-bond acceptors (Lipinski definition) is 4. The Balaban J connectivity index is 1.46. The van der Waals surface area contributed by atoms with Crippen LogP contribution in [0.1, 0.15) is 38.9 Å². The van der Waals surface area contributed by atoms with Crippen molar-refractivity contribution in [3.63, 3.8) is 0 Å². The number of halogens is 1. The van der Waals surface area contributed by atoms with Crippen molar-refractivity contribution in [2.75, 3.05) is 13.1 Å². The highest BCUT2D eigenvalue weighted by Gasteiger charge is 2.22. The van der Waals surface area contributed by atoms with E-state index in [0.717, 1.165) is 25.9 Å². The first-order chi connectivity index (χ1) is 12.5. The number of hydrogen-bond donors (Lipinski definition) is 1. The zero-order valence-corrected chi connectivity index (χ0v) is 15.4. The first kappa shape index (κ1) is 18.6. The van der Waals surface area contributed by atoms with E-state index in [1.165, 1.54) is 6.07 Å². The quantitative estimate of drug-likeness (QED) is 0.856. The third-order valence-corrected chi connectivity index (χ3v) is 5.02. The molecule has 3 rings (SSSR count). The number of nitrogens with zero attached hydrogens (tertiary/aromatic N) is 2. The van der Waals surface area contributed by atoms with E-state index in [-0.39, 0.29) is 18.3 Å². The van der Waals surface area contributed by atoms with E-state index >= 15 is 0 Å². The van der Waals surface area contributed by atoms with Gasteiger partial charge in [-0.2, -0.15) is 0 Å². The minimum absolute atomic E-state index is 0.0249. The molecule has 0 atom stereocenters. The number of likely N-dealkylation sites (tertiary alicyclic amines) is 1. The Hall–Kier alpha value is -2.21. The molecule has 5 nitrogen and oxygen atoms in total. The monoisotopic (exact) mass is 359 g/mol. The van der Waals surface area contributed by atoms with Crippen LogP contribution in [0.5, 0.6) is 0 Å². The molecule has 1 N–H and O–H groups in total. The van der Waals surface area contributed by atoms with Crippen LogP contribution in [-0.2, 0) is 11.3 Å². The van der Waals surface area contributed by atoms with Crippen LogP contribution < -0.4 is 5.32 Å². The summed E-state index contributed by atoms with van der Waals surface area (Å²) in [6.45, 7) is 6.80. The van der Waals surface area contributed by atoms with Gasteiger partial charge in [-0.15, -0.1) is 0 Å². The molecule has 6 heteroatoms. The van der Waals surface area contributed by atoms with Gasteiger partial charge in [0.25, 0.3) is 0 Å². The molecule has 0 saturated carbocycles. The van der Waals surface area contributed by atoms with E-state index in [2.05, 4.69) is 29.2 Å². The molecule has 1 aliphatic heterocycles. The molecule has 1 amide bonds. The lowest BCUT2D eigenvalue weighted by molar-refractivity contribution is -0.122. The highest BCUT2D eigenvalue weighted by Crippen LogP contribution is 2.23. The maximum atomic E-state index is 13.8. The predicted molar refractivity (Wildman–Crippen MR) is 97.8 cm³/mol. The van der Waals surface area contributed by atoms with Crippen LogP contribution in [0.25, 0.3) is 11.3 Å². The van der Waals surface area contributed by atoms with Crippen molar-refractivity contribution in [3.8, 4) is 11.3 Å². The van der Waals surface area contributed by atoms with Gasteiger partial charge < -0.3 is 14.7 Å². The lowest BCUT2D eigenvalue weighted by Gasteiger charge is -2.34. The number of benzene rings is 1. The van der Waals surface area contributed by atoms with E-state index in [1.54, 1.807) is 24.3 Å². The normalized spacial score (nSPS) is 16.2. The van der Waals surface area contributed by atoms with Gasteiger partial charge in [0.2, 0.25) is 5.91 Å². The zero-order valence-electron chi connectivity index (χ0n) is 15.4. The highest BCUT2D eigenvalue weighted by molar-refractivity contribution is 5.76. The fourth-order valence-electron chi connectivity index (χ4n) is 3.39. The summed E-state index contributed by atoms with van der Waals surface area (Å²) >= 11 is 0. The van der Waals surface area contributed by atoms with Gasteiger partial charge >= 0.3 is 0 Å². The van der Waals surface area contributed by atoms with Gasteiger partial charge in [0.15, 0.2) is 5.76 Å². The second-order valence-electron chi connectivity index (χ2n) is 7.21. The molecule has 0 radical (unpaired) electrons. The van der Waals surface area contributed by atoms with E-state index in [0.29, 0.717) is 35.4 Å². The number of carbonyl (C=O) groups excluding carboxylic acids is 1. The lowest BCUT2D eigenvalue weighted by Crippen LogP contribution is -2.39. The summed E-state index contributed by atoms with van der Waals surface area (Å²) in [5.74, 6) is 0.640. The molecule has 1 fully saturated rings. The van der Waals surface area contributed by atoms with Crippen molar-refractivity contribution in [2.24, 2.45) is 5.92 Å². The zero-order chi connectivity index (χ0) is 18.5. The number of aromatic nitrogens is 1. The van der Waals surface area contributed by atoms with E-state index in [9.17, 15) is 9.18 Å². The molecular weight excluding hydrogens is 333 g/mol. The number of rotatable bonds is 6. The van der Waals surface area contributed by atoms with Crippen LogP contribution in [-0.4, -0.2) is 35.1 Å². The number of nitrogens with one attached hydrogen (secondary N) is 1. The minimum atomic E-state index is -0.343. The first-order valence-corrected chi connectivity index (χ1v) is 9.24. The molecule has 0 spiro atoms. The molecule has 1 aromatic heterocycles. The van der Waals surface area contributed by atoms with E-state index < -0.39 is 0 Å². The molecule has 0 bridgehead atoms. The summed E-state index contributed by atoms with van der Waals surface area (Å²) in [6.07, 6.45) is 2.66. The van der Waals surface area contributed by atoms with Crippen molar-refractivity contribution < 1.29 is 13.7 Å². The van der Waals surface area contributed by atoms with Crippen LogP contribution >= 0.6 is 0 Å². The van der Waals surface area contributed by atoms with E-state index in [4.69, 9.17) is 4.52 Å². The van der Waals surface area contributed by atoms with Crippen LogP contribution in [0.15, 0.2) is 34.9 Å². The Labute approximate surface area is 153 Å². The Bertz CT molecular complexity index is 736. The largest absolute Gasteiger partial charge is 0.359 e. The Morgan fingerprint density at radius 2 is 2.08 bits per heavy atom. The first-order valence-electron chi connectivity index (χ1n) is 9.24. The van der Waals surface area contributed by atoms with Crippen molar-refractivity contribution in [2.45, 2.75) is 45.7 Å². The molecule has 2 heterocycles. The van der Waals surface area contributed by atoms with Gasteiger partial charge in [-0.1, -0.05) is 17.3 Å². The third kappa shape index (κ3) is 4.69. The molecule has 1 aliphatic rings. The van der Waals surface area contributed by atoms with Crippen LogP contribution in [0.3, 0.4) is 0 Å². The maximum absolute atomic E-state index is 13.8. The minimum Gasteiger partial charge on any atom is -0.359 e. The number of piperidine rings is 1. The fourth-order valence-corrected chi connectivity index (χ4v) is 3.39. The molecule has 26 heavy (non-hydrogen) atoms. The summed E-state index contributed by atoms with van der Waals surface area (Å²) < 4.78 is 19.0. The third-order valence-electron chi connectivity index (χ3n) is 5.02. The van der Waals surface area contributed by atoms with Gasteiger partial charge in [-0.3, -0.25) is 4.79 Å². The highest BCUT2D eigenvalue weighted by atomic mass is 19.1. The standard InChI is InChI=1S/C20H26FN3O2/c1-14(2)24-9-7-15(8-10-24)11-20(25)22-13-16-12-19(23-26-16)17-5-3-4-6-18(17)21/h3-6,12,14-15H,7-11,13H2,1-2H3,(H,22,25). The van der Waals surface area contributed by atoms with Gasteiger partial charge in [-0.25, -0.2) is 4.39 Å². The predicted octanol–water partition coefficient (Wildman–Crippen LogP) is 3.61. The number of carbonyl (C=O) groups is 1. The smallest absolute Gasteiger partial charge is 0.220 e. The SMILES string of the molecule is CC(C)N1CCC(CC(=O)NCc2cc(-c3ccccc3F)no2)CC1. The van der Waals surface area contributed by atoms with Crippen molar-refractivity contribution in [1.29, 1.82) is 0 Å². The maximum Gasteiger partial charge on any atom is 0.220 e. The van der Waals surface area contributed by atoms with Crippen molar-refractivity contribution >= 4 is 5.91 Å². The summed E-state index contributed by atoms with van der Waals surface area (Å²) in [6, 6.07) is 8.65.